The van der Waals surface area contributed by atoms with Crippen LogP contribution < -0.4 is 10.6 Å². The molecule has 0 aliphatic carbocycles. The number of likely N-dealkylation sites (tertiary alicyclic amines) is 1. The smallest absolute Gasteiger partial charge is 0.309 e. The number of aliphatic carboxylic acids is 1. The summed E-state index contributed by atoms with van der Waals surface area (Å²) in [7, 11) is 0. The van der Waals surface area contributed by atoms with E-state index >= 15 is 0 Å². The second-order valence-corrected chi connectivity index (χ2v) is 7.30. The summed E-state index contributed by atoms with van der Waals surface area (Å²) in [6, 6.07) is 6.18. The highest BCUT2D eigenvalue weighted by molar-refractivity contribution is 5.88. The number of halogens is 1. The standard InChI is InChI=1S/C19H24FN3O4/c20-14-3-1-13(2-4-14)5-8-21-17(25)12-23-9-6-19(7-10-23)15(18(26)27)11-16(24)22-19/h1-4,15H,5-12H2,(H,21,25)(H,22,24)(H,26,27). The Bertz CT molecular complexity index is 714. The van der Waals surface area contributed by atoms with Crippen LogP contribution in [0.1, 0.15) is 24.8 Å². The largest absolute Gasteiger partial charge is 0.481 e. The third-order valence-corrected chi connectivity index (χ3v) is 5.51. The zero-order valence-corrected chi connectivity index (χ0v) is 15.0. The predicted octanol–water partition coefficient (Wildman–Crippen LogP) is 0.540. The van der Waals surface area contributed by atoms with Crippen molar-refractivity contribution >= 4 is 17.8 Å². The van der Waals surface area contributed by atoms with Gasteiger partial charge in [0.1, 0.15) is 5.82 Å². The van der Waals surface area contributed by atoms with Gasteiger partial charge in [-0.3, -0.25) is 19.3 Å². The quantitative estimate of drug-likeness (QED) is 0.672. The van der Waals surface area contributed by atoms with Crippen LogP contribution in [0.3, 0.4) is 0 Å². The van der Waals surface area contributed by atoms with E-state index in [1.807, 2.05) is 4.90 Å². The van der Waals surface area contributed by atoms with Crippen LogP contribution in [0.5, 0.6) is 0 Å². The molecule has 0 aromatic heterocycles. The van der Waals surface area contributed by atoms with E-state index in [9.17, 15) is 23.9 Å². The van der Waals surface area contributed by atoms with Gasteiger partial charge in [-0.1, -0.05) is 12.1 Å². The van der Waals surface area contributed by atoms with Gasteiger partial charge in [0, 0.05) is 26.1 Å². The molecule has 2 fully saturated rings. The highest BCUT2D eigenvalue weighted by Gasteiger charge is 2.51. The Morgan fingerprint density at radius 2 is 1.93 bits per heavy atom. The van der Waals surface area contributed by atoms with Crippen molar-refractivity contribution in [2.45, 2.75) is 31.2 Å². The van der Waals surface area contributed by atoms with Crippen molar-refractivity contribution < 1.29 is 23.9 Å². The number of nitrogens with one attached hydrogen (secondary N) is 2. The van der Waals surface area contributed by atoms with E-state index in [-0.39, 0.29) is 30.6 Å². The molecule has 8 heteroatoms. The van der Waals surface area contributed by atoms with Gasteiger partial charge in [-0.05, 0) is 37.0 Å². The number of amides is 2. The van der Waals surface area contributed by atoms with Crippen molar-refractivity contribution in [3.05, 3.63) is 35.6 Å². The monoisotopic (exact) mass is 377 g/mol. The average Bonchev–Trinajstić information content (AvgIpc) is 2.95. The molecular weight excluding hydrogens is 353 g/mol. The number of carbonyl (C=O) groups excluding carboxylic acids is 2. The molecule has 0 bridgehead atoms. The first-order valence-electron chi connectivity index (χ1n) is 9.15. The molecule has 0 saturated carbocycles. The normalized spacial score (nSPS) is 21.8. The van der Waals surface area contributed by atoms with Gasteiger partial charge in [-0.15, -0.1) is 0 Å². The van der Waals surface area contributed by atoms with E-state index in [1.54, 1.807) is 12.1 Å². The fourth-order valence-corrected chi connectivity index (χ4v) is 3.96. The molecule has 2 aliphatic heterocycles. The highest BCUT2D eigenvalue weighted by Crippen LogP contribution is 2.36. The van der Waals surface area contributed by atoms with Crippen LogP contribution in [0.25, 0.3) is 0 Å². The zero-order valence-electron chi connectivity index (χ0n) is 15.0. The number of carboxylic acids is 1. The molecule has 0 radical (unpaired) electrons. The minimum absolute atomic E-state index is 0.0270. The molecule has 1 aromatic carbocycles. The number of nitrogens with zero attached hydrogens (tertiary/aromatic N) is 1. The zero-order chi connectivity index (χ0) is 19.4. The van der Waals surface area contributed by atoms with Gasteiger partial charge in [0.15, 0.2) is 0 Å². The van der Waals surface area contributed by atoms with Crippen LogP contribution in [0.15, 0.2) is 24.3 Å². The first kappa shape index (κ1) is 19.3. The third kappa shape index (κ3) is 4.63. The van der Waals surface area contributed by atoms with Gasteiger partial charge in [-0.25, -0.2) is 4.39 Å². The van der Waals surface area contributed by atoms with Gasteiger partial charge in [-0.2, -0.15) is 0 Å². The first-order chi connectivity index (χ1) is 12.9. The minimum atomic E-state index is -0.944. The lowest BCUT2D eigenvalue weighted by atomic mass is 9.78. The van der Waals surface area contributed by atoms with Gasteiger partial charge >= 0.3 is 5.97 Å². The Morgan fingerprint density at radius 3 is 2.56 bits per heavy atom. The highest BCUT2D eigenvalue weighted by atomic mass is 19.1. The molecule has 1 unspecified atom stereocenters. The van der Waals surface area contributed by atoms with Crippen molar-refractivity contribution in [1.82, 2.24) is 15.5 Å². The SMILES string of the molecule is O=C(CN1CCC2(CC1)NC(=O)CC2C(=O)O)NCCc1ccc(F)cc1. The van der Waals surface area contributed by atoms with Crippen molar-refractivity contribution in [3.63, 3.8) is 0 Å². The molecule has 1 spiro atoms. The fourth-order valence-electron chi connectivity index (χ4n) is 3.96. The number of carbonyl (C=O) groups is 3. The summed E-state index contributed by atoms with van der Waals surface area (Å²) in [5, 5.41) is 15.1. The van der Waals surface area contributed by atoms with Crippen LogP contribution in [0.4, 0.5) is 4.39 Å². The molecule has 2 amide bonds. The molecule has 2 heterocycles. The van der Waals surface area contributed by atoms with E-state index in [0.29, 0.717) is 38.9 Å². The van der Waals surface area contributed by atoms with Crippen molar-refractivity contribution in [3.8, 4) is 0 Å². The fraction of sp³-hybridized carbons (Fsp3) is 0.526. The number of piperidine rings is 1. The van der Waals surface area contributed by atoms with Crippen LogP contribution in [-0.4, -0.2) is 59.5 Å². The Morgan fingerprint density at radius 1 is 1.26 bits per heavy atom. The molecule has 3 N–H and O–H groups in total. The predicted molar refractivity (Wildman–Crippen MR) is 95.4 cm³/mol. The molecule has 27 heavy (non-hydrogen) atoms. The number of rotatable bonds is 6. The maximum atomic E-state index is 12.9. The molecule has 1 atom stereocenters. The number of benzene rings is 1. The van der Waals surface area contributed by atoms with Gasteiger partial charge in [0.2, 0.25) is 11.8 Å². The molecule has 2 saturated heterocycles. The second-order valence-electron chi connectivity index (χ2n) is 7.30. The van der Waals surface area contributed by atoms with E-state index < -0.39 is 17.4 Å². The summed E-state index contributed by atoms with van der Waals surface area (Å²) < 4.78 is 12.9. The summed E-state index contributed by atoms with van der Waals surface area (Å²) in [5.74, 6) is -2.24. The molecule has 146 valence electrons. The third-order valence-electron chi connectivity index (χ3n) is 5.51. The first-order valence-corrected chi connectivity index (χ1v) is 9.15. The molecule has 3 rings (SSSR count). The summed E-state index contributed by atoms with van der Waals surface area (Å²) >= 11 is 0. The van der Waals surface area contributed by atoms with E-state index in [2.05, 4.69) is 10.6 Å². The van der Waals surface area contributed by atoms with Crippen LogP contribution in [0, 0.1) is 11.7 Å². The Hall–Kier alpha value is -2.48. The molecular formula is C19H24FN3O4. The Labute approximate surface area is 156 Å². The molecule has 2 aliphatic rings. The maximum Gasteiger partial charge on any atom is 0.309 e. The van der Waals surface area contributed by atoms with E-state index in [1.165, 1.54) is 12.1 Å². The van der Waals surface area contributed by atoms with Gasteiger partial charge < -0.3 is 15.7 Å². The number of hydrogen-bond donors (Lipinski definition) is 3. The minimum Gasteiger partial charge on any atom is -0.481 e. The Kier molecular flexibility index (Phi) is 5.74. The topological polar surface area (TPSA) is 98.7 Å². The van der Waals surface area contributed by atoms with Crippen molar-refractivity contribution in [1.29, 1.82) is 0 Å². The maximum absolute atomic E-state index is 12.9. The van der Waals surface area contributed by atoms with Gasteiger partial charge in [0.25, 0.3) is 0 Å². The number of hydrogen-bond acceptors (Lipinski definition) is 4. The van der Waals surface area contributed by atoms with E-state index in [0.717, 1.165) is 5.56 Å². The number of carboxylic acid groups (broad SMARTS) is 1. The lowest BCUT2D eigenvalue weighted by molar-refractivity contribution is -0.145. The molecule has 7 nitrogen and oxygen atoms in total. The summed E-state index contributed by atoms with van der Waals surface area (Å²) in [5.41, 5.74) is 0.270. The van der Waals surface area contributed by atoms with E-state index in [4.69, 9.17) is 0 Å². The van der Waals surface area contributed by atoms with Crippen molar-refractivity contribution in [2.75, 3.05) is 26.2 Å². The lowest BCUT2D eigenvalue weighted by Gasteiger charge is -2.41. The van der Waals surface area contributed by atoms with Crippen LogP contribution >= 0.6 is 0 Å². The summed E-state index contributed by atoms with van der Waals surface area (Å²) in [6.45, 7) is 1.84. The Balaban J connectivity index is 1.42. The average molecular weight is 377 g/mol. The summed E-state index contributed by atoms with van der Waals surface area (Å²) in [4.78, 5) is 37.2. The van der Waals surface area contributed by atoms with Crippen LogP contribution in [-0.2, 0) is 20.8 Å². The van der Waals surface area contributed by atoms with Crippen molar-refractivity contribution in [2.24, 2.45) is 5.92 Å². The van der Waals surface area contributed by atoms with Crippen LogP contribution in [0.2, 0.25) is 0 Å². The summed E-state index contributed by atoms with van der Waals surface area (Å²) in [6.07, 6.45) is 1.71. The van der Waals surface area contributed by atoms with Gasteiger partial charge in [0.05, 0.1) is 18.0 Å². The second kappa shape index (κ2) is 8.04. The molecule has 1 aromatic rings. The lowest BCUT2D eigenvalue weighted by Crippen LogP contribution is -2.56.